The second kappa shape index (κ2) is 6.39. The van der Waals surface area contributed by atoms with Gasteiger partial charge in [-0.3, -0.25) is 0 Å². The van der Waals surface area contributed by atoms with Crippen molar-refractivity contribution in [3.63, 3.8) is 0 Å². The third kappa shape index (κ3) is 6.05. The molecule has 1 rings (SSSR count). The van der Waals surface area contributed by atoms with E-state index in [-0.39, 0.29) is 0 Å². The molecule has 2 atom stereocenters. The summed E-state index contributed by atoms with van der Waals surface area (Å²) < 4.78 is 10.7. The van der Waals surface area contributed by atoms with Crippen LogP contribution in [0.25, 0.3) is 0 Å². The van der Waals surface area contributed by atoms with Crippen LogP contribution in [0.3, 0.4) is 0 Å². The Morgan fingerprint density at radius 2 is 2.15 bits per heavy atom. The lowest BCUT2D eigenvalue weighted by Gasteiger charge is -2.11. The molecular weight excluding hydrogens is 164 g/mol. The number of epoxide rings is 1. The zero-order valence-corrected chi connectivity index (χ0v) is 8.92. The van der Waals surface area contributed by atoms with Gasteiger partial charge < -0.3 is 9.47 Å². The molecule has 1 saturated heterocycles. The van der Waals surface area contributed by atoms with Crippen LogP contribution in [-0.2, 0) is 9.47 Å². The number of rotatable bonds is 8. The molecule has 0 N–H and O–H groups in total. The third-order valence-electron chi connectivity index (χ3n) is 2.43. The van der Waals surface area contributed by atoms with Gasteiger partial charge in [0.05, 0.1) is 19.3 Å². The van der Waals surface area contributed by atoms with Crippen LogP contribution in [0, 0.1) is 0 Å². The van der Waals surface area contributed by atoms with Crippen LogP contribution < -0.4 is 0 Å². The fraction of sp³-hybridized carbons (Fsp3) is 1.00. The van der Waals surface area contributed by atoms with Gasteiger partial charge in [0.15, 0.2) is 0 Å². The van der Waals surface area contributed by atoms with Crippen LogP contribution >= 0.6 is 0 Å². The highest BCUT2D eigenvalue weighted by Gasteiger charge is 2.23. The lowest BCUT2D eigenvalue weighted by Crippen LogP contribution is -2.12. The molecule has 2 unspecified atom stereocenters. The Labute approximate surface area is 81.6 Å². The molecule has 0 radical (unpaired) electrons. The highest BCUT2D eigenvalue weighted by atomic mass is 16.6. The van der Waals surface area contributed by atoms with Gasteiger partial charge in [-0.15, -0.1) is 0 Å². The van der Waals surface area contributed by atoms with Gasteiger partial charge in [0, 0.05) is 0 Å². The minimum atomic E-state index is 0.415. The summed E-state index contributed by atoms with van der Waals surface area (Å²) in [5.74, 6) is 0. The summed E-state index contributed by atoms with van der Waals surface area (Å²) in [4.78, 5) is 0. The molecule has 1 fully saturated rings. The van der Waals surface area contributed by atoms with Crippen LogP contribution in [0.5, 0.6) is 0 Å². The van der Waals surface area contributed by atoms with Crippen molar-refractivity contribution >= 4 is 0 Å². The second-order valence-electron chi connectivity index (χ2n) is 3.95. The first-order chi connectivity index (χ1) is 6.33. The van der Waals surface area contributed by atoms with E-state index < -0.39 is 0 Å². The standard InChI is InChI=1S/C11H22O2/c1-3-4-5-6-7-10(2)12-8-11-9-13-11/h10-11H,3-9H2,1-2H3. The van der Waals surface area contributed by atoms with Gasteiger partial charge >= 0.3 is 0 Å². The summed E-state index contributed by atoms with van der Waals surface area (Å²) in [6, 6.07) is 0. The molecule has 0 aromatic heterocycles. The van der Waals surface area contributed by atoms with E-state index in [1.165, 1.54) is 32.1 Å². The van der Waals surface area contributed by atoms with Crippen molar-refractivity contribution in [1.29, 1.82) is 0 Å². The van der Waals surface area contributed by atoms with Crippen molar-refractivity contribution in [2.75, 3.05) is 13.2 Å². The fourth-order valence-corrected chi connectivity index (χ4v) is 1.38. The average molecular weight is 186 g/mol. The largest absolute Gasteiger partial charge is 0.376 e. The summed E-state index contributed by atoms with van der Waals surface area (Å²) in [5, 5.41) is 0. The zero-order chi connectivity index (χ0) is 9.52. The first-order valence-corrected chi connectivity index (χ1v) is 5.56. The Balaban J connectivity index is 1.81. The normalized spacial score (nSPS) is 23.1. The maximum Gasteiger partial charge on any atom is 0.104 e. The predicted octanol–water partition coefficient (Wildman–Crippen LogP) is 2.76. The molecule has 0 bridgehead atoms. The molecule has 2 heteroatoms. The van der Waals surface area contributed by atoms with Crippen LogP contribution in [0.1, 0.15) is 46.0 Å². The molecule has 0 aliphatic carbocycles. The maximum atomic E-state index is 5.62. The third-order valence-corrected chi connectivity index (χ3v) is 2.43. The fourth-order valence-electron chi connectivity index (χ4n) is 1.38. The smallest absolute Gasteiger partial charge is 0.104 e. The molecule has 0 aromatic rings. The summed E-state index contributed by atoms with van der Waals surface area (Å²) >= 11 is 0. The van der Waals surface area contributed by atoms with Crippen molar-refractivity contribution in [1.82, 2.24) is 0 Å². The molecule has 13 heavy (non-hydrogen) atoms. The molecule has 0 saturated carbocycles. The number of ether oxygens (including phenoxy) is 2. The number of hydrogen-bond donors (Lipinski definition) is 0. The number of hydrogen-bond acceptors (Lipinski definition) is 2. The monoisotopic (exact) mass is 186 g/mol. The van der Waals surface area contributed by atoms with Crippen molar-refractivity contribution < 1.29 is 9.47 Å². The molecule has 1 aliphatic rings. The van der Waals surface area contributed by atoms with Gasteiger partial charge in [0.25, 0.3) is 0 Å². The zero-order valence-electron chi connectivity index (χ0n) is 8.92. The van der Waals surface area contributed by atoms with Crippen molar-refractivity contribution in [2.24, 2.45) is 0 Å². The van der Waals surface area contributed by atoms with Gasteiger partial charge in [0.2, 0.25) is 0 Å². The Morgan fingerprint density at radius 1 is 1.38 bits per heavy atom. The van der Waals surface area contributed by atoms with E-state index in [4.69, 9.17) is 9.47 Å². The Bertz CT molecular complexity index is 121. The van der Waals surface area contributed by atoms with Crippen LogP contribution in [0.2, 0.25) is 0 Å². The van der Waals surface area contributed by atoms with Crippen LogP contribution in [-0.4, -0.2) is 25.4 Å². The molecule has 78 valence electrons. The van der Waals surface area contributed by atoms with E-state index in [9.17, 15) is 0 Å². The average Bonchev–Trinajstić information content (AvgIpc) is 2.92. The van der Waals surface area contributed by atoms with Gasteiger partial charge in [-0.2, -0.15) is 0 Å². The highest BCUT2D eigenvalue weighted by Crippen LogP contribution is 2.12. The Morgan fingerprint density at radius 3 is 2.77 bits per heavy atom. The van der Waals surface area contributed by atoms with Crippen LogP contribution in [0.4, 0.5) is 0 Å². The van der Waals surface area contributed by atoms with Gasteiger partial charge in [0.1, 0.15) is 6.10 Å². The first-order valence-electron chi connectivity index (χ1n) is 5.56. The molecule has 1 heterocycles. The lowest BCUT2D eigenvalue weighted by molar-refractivity contribution is 0.0476. The molecule has 1 aliphatic heterocycles. The molecule has 0 spiro atoms. The van der Waals surface area contributed by atoms with E-state index in [1.807, 2.05) is 0 Å². The number of unbranched alkanes of at least 4 members (excludes halogenated alkanes) is 3. The highest BCUT2D eigenvalue weighted by molar-refractivity contribution is 4.68. The van der Waals surface area contributed by atoms with E-state index in [0.29, 0.717) is 12.2 Å². The Hall–Kier alpha value is -0.0800. The maximum absolute atomic E-state index is 5.62. The van der Waals surface area contributed by atoms with E-state index in [1.54, 1.807) is 0 Å². The topological polar surface area (TPSA) is 21.8 Å². The SMILES string of the molecule is CCCCCCC(C)OCC1CO1. The summed E-state index contributed by atoms with van der Waals surface area (Å²) in [6.45, 7) is 6.11. The first kappa shape index (κ1) is 11.0. The van der Waals surface area contributed by atoms with Crippen molar-refractivity contribution in [3.05, 3.63) is 0 Å². The summed E-state index contributed by atoms with van der Waals surface area (Å²) in [7, 11) is 0. The van der Waals surface area contributed by atoms with Gasteiger partial charge in [-0.25, -0.2) is 0 Å². The quantitative estimate of drug-likeness (QED) is 0.429. The summed E-state index contributed by atoms with van der Waals surface area (Å²) in [5.41, 5.74) is 0. The van der Waals surface area contributed by atoms with Gasteiger partial charge in [-0.05, 0) is 13.3 Å². The second-order valence-corrected chi connectivity index (χ2v) is 3.95. The van der Waals surface area contributed by atoms with Crippen molar-refractivity contribution in [2.45, 2.75) is 58.2 Å². The van der Waals surface area contributed by atoms with Crippen molar-refractivity contribution in [3.8, 4) is 0 Å². The minimum Gasteiger partial charge on any atom is -0.376 e. The van der Waals surface area contributed by atoms with E-state index in [2.05, 4.69) is 13.8 Å². The Kier molecular flexibility index (Phi) is 5.40. The van der Waals surface area contributed by atoms with Gasteiger partial charge in [-0.1, -0.05) is 32.6 Å². The molecular formula is C11H22O2. The van der Waals surface area contributed by atoms with Crippen LogP contribution in [0.15, 0.2) is 0 Å². The molecule has 2 nitrogen and oxygen atoms in total. The minimum absolute atomic E-state index is 0.415. The lowest BCUT2D eigenvalue weighted by atomic mass is 10.1. The molecule has 0 amide bonds. The predicted molar refractivity (Wildman–Crippen MR) is 53.9 cm³/mol. The summed E-state index contributed by atoms with van der Waals surface area (Å²) in [6.07, 6.45) is 7.36. The van der Waals surface area contributed by atoms with E-state index in [0.717, 1.165) is 13.2 Å². The van der Waals surface area contributed by atoms with E-state index >= 15 is 0 Å². The molecule has 0 aromatic carbocycles.